The van der Waals surface area contributed by atoms with Crippen molar-refractivity contribution in [1.82, 2.24) is 19.9 Å². The van der Waals surface area contributed by atoms with E-state index in [1.165, 1.54) is 0 Å². The highest BCUT2D eigenvalue weighted by molar-refractivity contribution is 7.13. The van der Waals surface area contributed by atoms with Crippen molar-refractivity contribution in [2.45, 2.75) is 45.8 Å². The smallest absolute Gasteiger partial charge is 0.253 e. The number of rotatable bonds is 9. The number of aromatic nitrogens is 3. The minimum atomic E-state index is -0.0763. The van der Waals surface area contributed by atoms with Crippen LogP contribution in [0.5, 0.6) is 0 Å². The molecule has 3 aromatic rings. The van der Waals surface area contributed by atoms with E-state index in [9.17, 15) is 4.79 Å². The number of aryl methyl sites for hydroxylation is 1. The summed E-state index contributed by atoms with van der Waals surface area (Å²) < 4.78 is 13.1. The molecule has 1 atom stereocenters. The molecular weight excluding hydrogens is 424 g/mol. The van der Waals surface area contributed by atoms with Crippen LogP contribution in [0.2, 0.25) is 0 Å². The van der Waals surface area contributed by atoms with Gasteiger partial charge in [0, 0.05) is 55.3 Å². The van der Waals surface area contributed by atoms with Crippen molar-refractivity contribution >= 4 is 17.2 Å². The van der Waals surface area contributed by atoms with Crippen LogP contribution in [0, 0.1) is 6.92 Å². The fraction of sp³-hybridized carbons (Fsp3) is 0.458. The Kier molecular flexibility index (Phi) is 7.34. The lowest BCUT2D eigenvalue weighted by Crippen LogP contribution is -2.32. The zero-order chi connectivity index (χ0) is 22.5. The third kappa shape index (κ3) is 4.92. The Balaban J connectivity index is 1.61. The maximum atomic E-state index is 13.0. The van der Waals surface area contributed by atoms with Gasteiger partial charge in [0.2, 0.25) is 0 Å². The summed E-state index contributed by atoms with van der Waals surface area (Å²) in [7, 11) is 1.68. The van der Waals surface area contributed by atoms with Crippen molar-refractivity contribution in [3.63, 3.8) is 0 Å². The molecule has 3 aromatic heterocycles. The summed E-state index contributed by atoms with van der Waals surface area (Å²) in [5.74, 6) is -0.0763. The number of nitrogens with zero attached hydrogens (tertiary/aromatic N) is 3. The molecule has 8 heteroatoms. The van der Waals surface area contributed by atoms with Crippen LogP contribution < -0.4 is 5.32 Å². The molecule has 1 amide bonds. The second-order valence-corrected chi connectivity index (χ2v) is 8.80. The van der Waals surface area contributed by atoms with Crippen LogP contribution in [0.4, 0.5) is 0 Å². The van der Waals surface area contributed by atoms with Crippen LogP contribution in [0.3, 0.4) is 0 Å². The Bertz CT molecular complexity index is 1070. The van der Waals surface area contributed by atoms with Gasteiger partial charge in [-0.1, -0.05) is 6.92 Å². The van der Waals surface area contributed by atoms with Gasteiger partial charge in [-0.25, -0.2) is 4.98 Å². The summed E-state index contributed by atoms with van der Waals surface area (Å²) in [6.07, 6.45) is 4.88. The molecule has 1 aliphatic rings. The van der Waals surface area contributed by atoms with Gasteiger partial charge in [-0.3, -0.25) is 9.78 Å². The molecular formula is C24H30N4O3S. The number of carbonyl (C=O) groups excluding carboxylic acids is 1. The van der Waals surface area contributed by atoms with Crippen LogP contribution in [0.15, 0.2) is 29.8 Å². The highest BCUT2D eigenvalue weighted by atomic mass is 32.1. The molecule has 4 heterocycles. The van der Waals surface area contributed by atoms with Gasteiger partial charge in [-0.15, -0.1) is 11.3 Å². The van der Waals surface area contributed by atoms with Gasteiger partial charge < -0.3 is 19.4 Å². The van der Waals surface area contributed by atoms with E-state index in [0.717, 1.165) is 59.2 Å². The van der Waals surface area contributed by atoms with Crippen molar-refractivity contribution in [2.75, 3.05) is 26.9 Å². The van der Waals surface area contributed by atoms with E-state index < -0.39 is 0 Å². The van der Waals surface area contributed by atoms with E-state index in [1.54, 1.807) is 18.4 Å². The zero-order valence-electron chi connectivity index (χ0n) is 18.9. The summed E-state index contributed by atoms with van der Waals surface area (Å²) in [6.45, 7) is 6.60. The average molecular weight is 455 g/mol. The first-order chi connectivity index (χ1) is 15.6. The number of amides is 1. The lowest BCUT2D eigenvalue weighted by molar-refractivity contribution is 0.0857. The molecule has 1 saturated heterocycles. The Labute approximate surface area is 192 Å². The number of nitrogens with one attached hydrogen (secondary N) is 1. The Morgan fingerprint density at radius 1 is 1.41 bits per heavy atom. The maximum absolute atomic E-state index is 13.0. The molecule has 0 aromatic carbocycles. The van der Waals surface area contributed by atoms with Gasteiger partial charge in [-0.2, -0.15) is 0 Å². The van der Waals surface area contributed by atoms with Crippen LogP contribution in [0.1, 0.15) is 41.5 Å². The number of carbonyl (C=O) groups is 1. The first kappa shape index (κ1) is 22.6. The van der Waals surface area contributed by atoms with Crippen molar-refractivity contribution in [3.8, 4) is 22.0 Å². The Hall–Kier alpha value is -2.55. The van der Waals surface area contributed by atoms with Crippen molar-refractivity contribution in [2.24, 2.45) is 0 Å². The Morgan fingerprint density at radius 2 is 2.28 bits per heavy atom. The van der Waals surface area contributed by atoms with E-state index in [4.69, 9.17) is 14.5 Å². The molecule has 32 heavy (non-hydrogen) atoms. The molecule has 1 fully saturated rings. The van der Waals surface area contributed by atoms with Crippen molar-refractivity contribution in [3.05, 3.63) is 46.7 Å². The monoisotopic (exact) mass is 454 g/mol. The second-order valence-electron chi connectivity index (χ2n) is 7.95. The molecule has 4 rings (SSSR count). The summed E-state index contributed by atoms with van der Waals surface area (Å²) in [5, 5.41) is 6.03. The second kappa shape index (κ2) is 10.4. The van der Waals surface area contributed by atoms with Crippen LogP contribution in [-0.4, -0.2) is 53.4 Å². The maximum Gasteiger partial charge on any atom is 0.253 e. The molecule has 1 N–H and O–H groups in total. The molecule has 1 aliphatic heterocycles. The zero-order valence-corrected chi connectivity index (χ0v) is 19.7. The number of hydrogen-bond donors (Lipinski definition) is 1. The third-order valence-corrected chi connectivity index (χ3v) is 6.73. The highest BCUT2D eigenvalue weighted by Crippen LogP contribution is 2.31. The van der Waals surface area contributed by atoms with E-state index in [0.29, 0.717) is 25.3 Å². The molecule has 0 bridgehead atoms. The van der Waals surface area contributed by atoms with Gasteiger partial charge in [0.1, 0.15) is 5.01 Å². The fourth-order valence-electron chi connectivity index (χ4n) is 3.99. The lowest BCUT2D eigenvalue weighted by atomic mass is 10.2. The fourth-order valence-corrected chi connectivity index (χ4v) is 4.80. The summed E-state index contributed by atoms with van der Waals surface area (Å²) in [4.78, 5) is 22.2. The van der Waals surface area contributed by atoms with E-state index >= 15 is 0 Å². The van der Waals surface area contributed by atoms with E-state index in [-0.39, 0.29) is 12.0 Å². The molecule has 0 aliphatic carbocycles. The molecule has 0 saturated carbocycles. The summed E-state index contributed by atoms with van der Waals surface area (Å²) >= 11 is 1.60. The number of pyridine rings is 1. The largest absolute Gasteiger partial charge is 0.383 e. The summed E-state index contributed by atoms with van der Waals surface area (Å²) in [6, 6.07) is 6.02. The predicted molar refractivity (Wildman–Crippen MR) is 126 cm³/mol. The van der Waals surface area contributed by atoms with Gasteiger partial charge in [0.15, 0.2) is 0 Å². The number of ether oxygens (including phenoxy) is 2. The number of methoxy groups -OCH3 is 1. The van der Waals surface area contributed by atoms with Gasteiger partial charge in [0.25, 0.3) is 5.91 Å². The molecule has 170 valence electrons. The minimum Gasteiger partial charge on any atom is -0.383 e. The van der Waals surface area contributed by atoms with Crippen molar-refractivity contribution in [1.29, 1.82) is 0 Å². The summed E-state index contributed by atoms with van der Waals surface area (Å²) in [5.41, 5.74) is 5.47. The average Bonchev–Trinajstić information content (AvgIpc) is 3.57. The molecule has 1 unspecified atom stereocenters. The number of hydrogen-bond acceptors (Lipinski definition) is 6. The normalized spacial score (nSPS) is 15.9. The van der Waals surface area contributed by atoms with Gasteiger partial charge in [-0.05, 0) is 44.4 Å². The predicted octanol–water partition coefficient (Wildman–Crippen LogP) is 4.10. The quantitative estimate of drug-likeness (QED) is 0.527. The topological polar surface area (TPSA) is 78.3 Å². The molecule has 0 spiro atoms. The first-order valence-corrected chi connectivity index (χ1v) is 12.0. The lowest BCUT2D eigenvalue weighted by Gasteiger charge is -2.12. The van der Waals surface area contributed by atoms with Gasteiger partial charge >= 0.3 is 0 Å². The molecule has 0 radical (unpaired) electrons. The van der Waals surface area contributed by atoms with Crippen LogP contribution >= 0.6 is 11.3 Å². The minimum absolute atomic E-state index is 0.0763. The van der Waals surface area contributed by atoms with E-state index in [1.807, 2.05) is 30.6 Å². The van der Waals surface area contributed by atoms with Crippen LogP contribution in [-0.2, 0) is 22.4 Å². The first-order valence-electron chi connectivity index (χ1n) is 11.1. The molecule has 7 nitrogen and oxygen atoms in total. The third-order valence-electron chi connectivity index (χ3n) is 5.84. The van der Waals surface area contributed by atoms with Crippen molar-refractivity contribution < 1.29 is 14.3 Å². The Morgan fingerprint density at radius 3 is 3.03 bits per heavy atom. The van der Waals surface area contributed by atoms with Crippen LogP contribution in [0.25, 0.3) is 22.0 Å². The van der Waals surface area contributed by atoms with Gasteiger partial charge in [0.05, 0.1) is 29.7 Å². The SMILES string of the molecule is CCc1cc(-c2nc(-c3cc(C(=O)NCC4CCCO4)c(C)n3CCOC)cs2)ccn1. The number of thiazole rings is 1. The highest BCUT2D eigenvalue weighted by Gasteiger charge is 2.22. The standard InChI is InChI=1S/C24H30N4O3S/c1-4-18-12-17(7-8-25-18)24-27-21(15-32-24)22-13-20(16(2)28(22)9-11-30-3)23(29)26-14-19-6-5-10-31-19/h7-8,12-13,15,19H,4-6,9-11,14H2,1-3H3,(H,26,29). The van der Waals surface area contributed by atoms with E-state index in [2.05, 4.69) is 27.9 Å².